The highest BCUT2D eigenvalue weighted by Crippen LogP contribution is 2.12. The lowest BCUT2D eigenvalue weighted by molar-refractivity contribution is -0.870. The van der Waals surface area contributed by atoms with Gasteiger partial charge < -0.3 is 28.5 Å². The van der Waals surface area contributed by atoms with Gasteiger partial charge in [-0.05, 0) is 122 Å². The van der Waals surface area contributed by atoms with Crippen molar-refractivity contribution in [3.05, 3.63) is 158 Å². The minimum atomic E-state index is -1.53. The van der Waals surface area contributed by atoms with Crippen LogP contribution in [0.3, 0.4) is 0 Å². The Morgan fingerprint density at radius 2 is 0.720 bits per heavy atom. The molecule has 2 unspecified atom stereocenters. The number of carbonyl (C=O) groups is 3. The first-order valence-corrected chi connectivity index (χ1v) is 28.6. The maximum absolute atomic E-state index is 12.8. The van der Waals surface area contributed by atoms with Crippen molar-refractivity contribution in [1.29, 1.82) is 0 Å². The molecule has 0 aromatic carbocycles. The molecular weight excluding hydrogens is 935 g/mol. The first-order valence-electron chi connectivity index (χ1n) is 28.6. The number of carboxylic acids is 1. The van der Waals surface area contributed by atoms with Gasteiger partial charge in [0.1, 0.15) is 13.2 Å². The van der Waals surface area contributed by atoms with Crippen molar-refractivity contribution in [3.8, 4) is 0 Å². The Hall–Kier alpha value is -5.09. The summed E-state index contributed by atoms with van der Waals surface area (Å²) in [5.41, 5.74) is 0. The number of hydrogen-bond acceptors (Lipinski definition) is 7. The van der Waals surface area contributed by atoms with Crippen LogP contribution < -0.4 is 0 Å². The molecule has 0 amide bonds. The minimum Gasteiger partial charge on any atom is -0.477 e. The van der Waals surface area contributed by atoms with Gasteiger partial charge in [-0.1, -0.05) is 204 Å². The van der Waals surface area contributed by atoms with Crippen LogP contribution in [0.5, 0.6) is 0 Å². The number of aliphatic carboxylic acids is 1. The summed E-state index contributed by atoms with van der Waals surface area (Å²) in [5, 5.41) is 9.68. The Bertz CT molecular complexity index is 1780. The van der Waals surface area contributed by atoms with Gasteiger partial charge in [0, 0.05) is 12.8 Å². The van der Waals surface area contributed by atoms with Crippen molar-refractivity contribution in [2.24, 2.45) is 0 Å². The normalized spacial score (nSPS) is 14.0. The summed E-state index contributed by atoms with van der Waals surface area (Å²) in [6, 6.07) is 0. The Balaban J connectivity index is 4.27. The number of esters is 2. The fourth-order valence-electron chi connectivity index (χ4n) is 6.94. The lowest BCUT2D eigenvalue weighted by Gasteiger charge is -2.25. The molecule has 420 valence electrons. The first-order chi connectivity index (χ1) is 36.6. The fraction of sp³-hybridized carbons (Fsp3) is 0.561. The van der Waals surface area contributed by atoms with E-state index >= 15 is 0 Å². The number of carboxylic acid groups (broad SMARTS) is 1. The Labute approximate surface area is 457 Å². The number of likely N-dealkylation sites (N-methyl/N-ethyl adjacent to an activating group) is 1. The SMILES string of the molecule is CC/C=C\C/C=C\C/C=C\C/C=C\C/C=C\C/C=C\C/C=C\C/C=C\C/C=C\C/C=C\CCCCCCCCC(=O)OC(COC(=O)CCCCC/C=C\C/C=C\C/C=C\CC)COC(OCC[N+](C)(C)C)C(=O)O. The zero-order valence-corrected chi connectivity index (χ0v) is 47.6. The summed E-state index contributed by atoms with van der Waals surface area (Å²) < 4.78 is 22.7. The second-order valence-corrected chi connectivity index (χ2v) is 19.5. The van der Waals surface area contributed by atoms with E-state index in [4.69, 9.17) is 18.9 Å². The molecule has 0 saturated heterocycles. The van der Waals surface area contributed by atoms with Crippen LogP contribution in [0.25, 0.3) is 0 Å². The monoisotopic (exact) mass is 1040 g/mol. The minimum absolute atomic E-state index is 0.170. The van der Waals surface area contributed by atoms with Crippen molar-refractivity contribution >= 4 is 17.9 Å². The van der Waals surface area contributed by atoms with Crippen molar-refractivity contribution in [1.82, 2.24) is 0 Å². The number of unbranched alkanes of at least 4 members (excludes halogenated alkanes) is 9. The van der Waals surface area contributed by atoms with Crippen molar-refractivity contribution < 1.29 is 42.9 Å². The predicted octanol–water partition coefficient (Wildman–Crippen LogP) is 17.0. The van der Waals surface area contributed by atoms with Crippen LogP contribution >= 0.6 is 0 Å². The molecule has 9 heteroatoms. The van der Waals surface area contributed by atoms with Gasteiger partial charge in [-0.25, -0.2) is 4.79 Å². The molecule has 0 spiro atoms. The third-order valence-electron chi connectivity index (χ3n) is 11.3. The molecule has 0 fully saturated rings. The molecular formula is C66H104NO8+. The van der Waals surface area contributed by atoms with Gasteiger partial charge in [0.05, 0.1) is 34.4 Å². The number of rotatable bonds is 50. The second kappa shape index (κ2) is 55.2. The zero-order valence-electron chi connectivity index (χ0n) is 47.6. The molecule has 1 N–H and O–H groups in total. The van der Waals surface area contributed by atoms with E-state index in [1.165, 1.54) is 0 Å². The highest BCUT2D eigenvalue weighted by molar-refractivity contribution is 5.71. The second-order valence-electron chi connectivity index (χ2n) is 19.5. The zero-order chi connectivity index (χ0) is 54.8. The van der Waals surface area contributed by atoms with Crippen molar-refractivity contribution in [3.63, 3.8) is 0 Å². The number of ether oxygens (including phenoxy) is 4. The number of carbonyl (C=O) groups excluding carboxylic acids is 2. The van der Waals surface area contributed by atoms with Crippen LogP contribution in [0.2, 0.25) is 0 Å². The summed E-state index contributed by atoms with van der Waals surface area (Å²) in [6.07, 6.45) is 79.1. The third-order valence-corrected chi connectivity index (χ3v) is 11.3. The molecule has 0 saturated carbocycles. The van der Waals surface area contributed by atoms with Crippen LogP contribution in [0.1, 0.15) is 181 Å². The summed E-state index contributed by atoms with van der Waals surface area (Å²) in [6.45, 7) is 4.55. The molecule has 0 rings (SSSR count). The van der Waals surface area contributed by atoms with Gasteiger partial charge in [0.2, 0.25) is 0 Å². The van der Waals surface area contributed by atoms with E-state index in [9.17, 15) is 19.5 Å². The van der Waals surface area contributed by atoms with Gasteiger partial charge in [-0.3, -0.25) is 9.59 Å². The largest absolute Gasteiger partial charge is 0.477 e. The number of nitrogens with zero attached hydrogens (tertiary/aromatic N) is 1. The summed E-state index contributed by atoms with van der Waals surface area (Å²) in [4.78, 5) is 37.3. The molecule has 0 aliphatic rings. The smallest absolute Gasteiger partial charge is 0.361 e. The molecule has 0 aromatic rings. The molecule has 0 aliphatic carbocycles. The van der Waals surface area contributed by atoms with Gasteiger partial charge in [0.15, 0.2) is 6.10 Å². The molecule has 0 aromatic heterocycles. The molecule has 0 radical (unpaired) electrons. The lowest BCUT2D eigenvalue weighted by atomic mass is 10.1. The van der Waals surface area contributed by atoms with E-state index in [0.29, 0.717) is 23.9 Å². The van der Waals surface area contributed by atoms with Gasteiger partial charge in [0.25, 0.3) is 6.29 Å². The molecule has 75 heavy (non-hydrogen) atoms. The highest BCUT2D eigenvalue weighted by atomic mass is 16.7. The third kappa shape index (κ3) is 56.5. The van der Waals surface area contributed by atoms with Gasteiger partial charge in [-0.2, -0.15) is 0 Å². The van der Waals surface area contributed by atoms with Gasteiger partial charge >= 0.3 is 17.9 Å². The Kier molecular flexibility index (Phi) is 51.4. The molecule has 0 heterocycles. The molecule has 0 aliphatic heterocycles. The average Bonchev–Trinajstić information content (AvgIpc) is 3.38. The van der Waals surface area contributed by atoms with Crippen molar-refractivity contribution in [2.75, 3.05) is 47.5 Å². The van der Waals surface area contributed by atoms with E-state index in [0.717, 1.165) is 141 Å². The lowest BCUT2D eigenvalue weighted by Crippen LogP contribution is -2.40. The molecule has 0 bridgehead atoms. The van der Waals surface area contributed by atoms with Gasteiger partial charge in [-0.15, -0.1) is 0 Å². The maximum atomic E-state index is 12.8. The molecule has 9 nitrogen and oxygen atoms in total. The fourth-order valence-corrected chi connectivity index (χ4v) is 6.94. The van der Waals surface area contributed by atoms with Crippen LogP contribution in [0.15, 0.2) is 158 Å². The van der Waals surface area contributed by atoms with Crippen molar-refractivity contribution in [2.45, 2.75) is 193 Å². The number of quaternary nitrogens is 1. The van der Waals surface area contributed by atoms with E-state index in [1.54, 1.807) is 0 Å². The van der Waals surface area contributed by atoms with Crippen LogP contribution in [0, 0.1) is 0 Å². The Morgan fingerprint density at radius 3 is 1.08 bits per heavy atom. The van der Waals surface area contributed by atoms with E-state index in [1.807, 2.05) is 21.1 Å². The standard InChI is InChI=1S/C66H103NO8/c1-6-8-10-12-14-16-18-20-21-22-23-24-25-26-27-28-29-30-31-32-33-34-35-36-37-38-39-40-41-42-43-45-47-49-51-53-55-57-64(69)75-62(61-74-66(65(70)71)72-59-58-67(3,4)5)60-73-63(68)56-54-52-50-48-46-44-19-17-15-13-11-9-7-2/h8-11,14-17,20-21,23-24,26-27,29-30,32-33,35-36,38-39,41-42,44,46,62,66H,6-7,12-13,18-19,22,25,28,31,34,37,40,43,45,47-61H2,1-5H3/p+1/b10-8-,11-9-,16-14-,17-15-,21-20-,24-23-,27-26-,30-29-,33-32-,36-35-,39-38-,42-41-,46-44-. The van der Waals surface area contributed by atoms with E-state index < -0.39 is 24.3 Å². The number of hydrogen-bond donors (Lipinski definition) is 1. The van der Waals surface area contributed by atoms with Crippen LogP contribution in [-0.2, 0) is 33.3 Å². The average molecular weight is 1040 g/mol. The topological polar surface area (TPSA) is 108 Å². The predicted molar refractivity (Wildman–Crippen MR) is 317 cm³/mol. The van der Waals surface area contributed by atoms with Crippen LogP contribution in [0.4, 0.5) is 0 Å². The summed E-state index contributed by atoms with van der Waals surface area (Å²) in [5.74, 6) is -2.09. The summed E-state index contributed by atoms with van der Waals surface area (Å²) >= 11 is 0. The maximum Gasteiger partial charge on any atom is 0.361 e. The Morgan fingerprint density at radius 1 is 0.400 bits per heavy atom. The summed E-state index contributed by atoms with van der Waals surface area (Å²) in [7, 11) is 5.93. The highest BCUT2D eigenvalue weighted by Gasteiger charge is 2.25. The number of allylic oxidation sites excluding steroid dienone is 26. The van der Waals surface area contributed by atoms with Crippen LogP contribution in [-0.4, -0.2) is 87.4 Å². The first kappa shape index (κ1) is 69.9. The van der Waals surface area contributed by atoms with E-state index in [2.05, 4.69) is 172 Å². The molecule has 2 atom stereocenters. The van der Waals surface area contributed by atoms with E-state index in [-0.39, 0.29) is 38.6 Å². The quantitative estimate of drug-likeness (QED) is 0.0211.